The molecule has 1 rings (SSSR count). The summed E-state index contributed by atoms with van der Waals surface area (Å²) in [6, 6.07) is 0. The number of aliphatic carboxylic acids is 1. The average molecular weight is 189 g/mol. The molecule has 0 atom stereocenters. The van der Waals surface area contributed by atoms with Crippen molar-refractivity contribution in [3.8, 4) is 0 Å². The van der Waals surface area contributed by atoms with Gasteiger partial charge in [-0.15, -0.1) is 0 Å². The van der Waals surface area contributed by atoms with E-state index in [-0.39, 0.29) is 6.42 Å². The molecule has 76 valence electrons. The lowest BCUT2D eigenvalue weighted by Gasteiger charge is -2.34. The summed E-state index contributed by atoms with van der Waals surface area (Å²) < 4.78 is 5.15. The van der Waals surface area contributed by atoms with Gasteiger partial charge in [-0.1, -0.05) is 0 Å². The average Bonchev–Trinajstić information content (AvgIpc) is 2.04. The minimum absolute atomic E-state index is 0.0250. The number of ether oxygens (including phenoxy) is 1. The number of hydrogen-bond acceptors (Lipinski definition) is 4. The van der Waals surface area contributed by atoms with Crippen molar-refractivity contribution >= 4 is 5.97 Å². The summed E-state index contributed by atoms with van der Waals surface area (Å²) in [6.07, 6.45) is 1.28. The minimum Gasteiger partial charge on any atom is -0.481 e. The van der Waals surface area contributed by atoms with Crippen molar-refractivity contribution in [2.24, 2.45) is 0 Å². The number of rotatable bonds is 4. The highest BCUT2D eigenvalue weighted by Crippen LogP contribution is 2.27. The molecule has 5 nitrogen and oxygen atoms in total. The summed E-state index contributed by atoms with van der Waals surface area (Å²) in [5.41, 5.74) is 1.98. The maximum absolute atomic E-state index is 10.6. The number of hydrogen-bond donors (Lipinski definition) is 2. The topological polar surface area (TPSA) is 67.8 Å². The molecule has 1 saturated heterocycles. The fourth-order valence-electron chi connectivity index (χ4n) is 1.55. The molecular formula is C8H15NO4. The molecule has 1 heterocycles. The van der Waals surface area contributed by atoms with Gasteiger partial charge in [0.05, 0.1) is 6.42 Å². The summed E-state index contributed by atoms with van der Waals surface area (Å²) in [5.74, 6) is -0.836. The van der Waals surface area contributed by atoms with Crippen LogP contribution in [0.25, 0.3) is 0 Å². The summed E-state index contributed by atoms with van der Waals surface area (Å²) in [4.78, 5) is 15.9. The first-order chi connectivity index (χ1) is 6.18. The van der Waals surface area contributed by atoms with Gasteiger partial charge in [-0.25, -0.2) is 5.48 Å². The highest BCUT2D eigenvalue weighted by atomic mass is 16.7. The van der Waals surface area contributed by atoms with Crippen molar-refractivity contribution < 1.29 is 19.5 Å². The lowest BCUT2D eigenvalue weighted by molar-refractivity contribution is -0.169. The molecule has 1 aliphatic rings. The van der Waals surface area contributed by atoms with Gasteiger partial charge >= 0.3 is 5.97 Å². The third kappa shape index (κ3) is 2.95. The van der Waals surface area contributed by atoms with E-state index in [9.17, 15) is 4.79 Å². The Bertz CT molecular complexity index is 171. The molecule has 0 radical (unpaired) electrons. The largest absolute Gasteiger partial charge is 0.481 e. The van der Waals surface area contributed by atoms with E-state index in [2.05, 4.69) is 5.48 Å². The quantitative estimate of drug-likeness (QED) is 0.617. The summed E-state index contributed by atoms with van der Waals surface area (Å²) >= 11 is 0. The monoisotopic (exact) mass is 189 g/mol. The van der Waals surface area contributed by atoms with Crippen LogP contribution >= 0.6 is 0 Å². The Morgan fingerprint density at radius 1 is 1.62 bits per heavy atom. The van der Waals surface area contributed by atoms with Gasteiger partial charge in [0, 0.05) is 33.1 Å². The Morgan fingerprint density at radius 3 is 2.69 bits per heavy atom. The molecule has 5 heteroatoms. The molecule has 2 N–H and O–H groups in total. The molecule has 0 aromatic carbocycles. The van der Waals surface area contributed by atoms with Crippen LogP contribution in [0.3, 0.4) is 0 Å². The lowest BCUT2D eigenvalue weighted by atomic mass is 9.91. The molecule has 1 fully saturated rings. The third-order valence-electron chi connectivity index (χ3n) is 2.20. The fraction of sp³-hybridized carbons (Fsp3) is 0.875. The second kappa shape index (κ2) is 4.55. The van der Waals surface area contributed by atoms with E-state index in [1.54, 1.807) is 7.05 Å². The van der Waals surface area contributed by atoms with Crippen LogP contribution in [0, 0.1) is 0 Å². The molecule has 0 spiro atoms. The number of carboxylic acid groups (broad SMARTS) is 1. The van der Waals surface area contributed by atoms with E-state index in [0.29, 0.717) is 26.1 Å². The van der Waals surface area contributed by atoms with Crippen molar-refractivity contribution in [1.82, 2.24) is 5.48 Å². The SMILES string of the molecule is CNOC1(CC(=O)O)CCOCC1. The zero-order valence-electron chi connectivity index (χ0n) is 7.71. The second-order valence-corrected chi connectivity index (χ2v) is 3.17. The standard InChI is InChI=1S/C8H15NO4/c1-9-13-8(6-7(10)11)2-4-12-5-3-8/h9H,2-6H2,1H3,(H,10,11). The van der Waals surface area contributed by atoms with E-state index in [4.69, 9.17) is 14.7 Å². The van der Waals surface area contributed by atoms with Crippen molar-refractivity contribution in [3.05, 3.63) is 0 Å². The van der Waals surface area contributed by atoms with Crippen LogP contribution in [-0.4, -0.2) is 36.9 Å². The van der Waals surface area contributed by atoms with E-state index < -0.39 is 11.6 Å². The second-order valence-electron chi connectivity index (χ2n) is 3.17. The van der Waals surface area contributed by atoms with Crippen LogP contribution in [0.1, 0.15) is 19.3 Å². The number of hydroxylamine groups is 1. The van der Waals surface area contributed by atoms with E-state index >= 15 is 0 Å². The van der Waals surface area contributed by atoms with Crippen LogP contribution in [0.2, 0.25) is 0 Å². The normalized spacial score (nSPS) is 21.3. The number of nitrogens with one attached hydrogen (secondary N) is 1. The predicted octanol–water partition coefficient (Wildman–Crippen LogP) is 0.161. The Hall–Kier alpha value is -0.650. The Labute approximate surface area is 77.0 Å². The molecular weight excluding hydrogens is 174 g/mol. The summed E-state index contributed by atoms with van der Waals surface area (Å²) in [5, 5.41) is 8.71. The first-order valence-corrected chi connectivity index (χ1v) is 4.33. The predicted molar refractivity (Wildman–Crippen MR) is 45.2 cm³/mol. The smallest absolute Gasteiger partial charge is 0.306 e. The molecule has 0 aliphatic carbocycles. The third-order valence-corrected chi connectivity index (χ3v) is 2.20. The molecule has 0 bridgehead atoms. The van der Waals surface area contributed by atoms with Gasteiger partial charge in [-0.05, 0) is 0 Å². The van der Waals surface area contributed by atoms with Crippen molar-refractivity contribution in [1.29, 1.82) is 0 Å². The zero-order valence-corrected chi connectivity index (χ0v) is 7.71. The van der Waals surface area contributed by atoms with Crippen LogP contribution in [0.5, 0.6) is 0 Å². The fourth-order valence-corrected chi connectivity index (χ4v) is 1.55. The molecule has 0 saturated carbocycles. The highest BCUT2D eigenvalue weighted by molar-refractivity contribution is 5.68. The van der Waals surface area contributed by atoms with Crippen LogP contribution < -0.4 is 5.48 Å². The maximum atomic E-state index is 10.6. The van der Waals surface area contributed by atoms with Gasteiger partial charge in [-0.2, -0.15) is 0 Å². The first-order valence-electron chi connectivity index (χ1n) is 4.33. The first kappa shape index (κ1) is 10.4. The Kier molecular flexibility index (Phi) is 3.65. The van der Waals surface area contributed by atoms with E-state index in [1.807, 2.05) is 0 Å². The van der Waals surface area contributed by atoms with Crippen LogP contribution in [-0.2, 0) is 14.4 Å². The van der Waals surface area contributed by atoms with Crippen molar-refractivity contribution in [2.75, 3.05) is 20.3 Å². The zero-order chi connectivity index (χ0) is 9.73. The van der Waals surface area contributed by atoms with Gasteiger partial charge in [0.2, 0.25) is 0 Å². The molecule has 0 unspecified atom stereocenters. The van der Waals surface area contributed by atoms with Crippen LogP contribution in [0.4, 0.5) is 0 Å². The molecule has 0 aromatic rings. The van der Waals surface area contributed by atoms with E-state index in [1.165, 1.54) is 0 Å². The molecule has 13 heavy (non-hydrogen) atoms. The maximum Gasteiger partial charge on any atom is 0.306 e. The highest BCUT2D eigenvalue weighted by Gasteiger charge is 2.36. The molecule has 0 amide bonds. The lowest BCUT2D eigenvalue weighted by Crippen LogP contribution is -2.44. The van der Waals surface area contributed by atoms with Gasteiger partial charge in [0.25, 0.3) is 0 Å². The number of carbonyl (C=O) groups is 1. The van der Waals surface area contributed by atoms with E-state index in [0.717, 1.165) is 0 Å². The van der Waals surface area contributed by atoms with Gasteiger partial charge in [-0.3, -0.25) is 9.63 Å². The Morgan fingerprint density at radius 2 is 2.23 bits per heavy atom. The molecule has 0 aromatic heterocycles. The van der Waals surface area contributed by atoms with Crippen molar-refractivity contribution in [2.45, 2.75) is 24.9 Å². The number of carboxylic acids is 1. The molecule has 1 aliphatic heterocycles. The van der Waals surface area contributed by atoms with Gasteiger partial charge < -0.3 is 9.84 Å². The van der Waals surface area contributed by atoms with Gasteiger partial charge in [0.1, 0.15) is 5.60 Å². The minimum atomic E-state index is -0.836. The Balaban J connectivity index is 2.55. The van der Waals surface area contributed by atoms with Gasteiger partial charge in [0.15, 0.2) is 0 Å². The summed E-state index contributed by atoms with van der Waals surface area (Å²) in [7, 11) is 1.64. The summed E-state index contributed by atoms with van der Waals surface area (Å²) in [6.45, 7) is 1.13. The van der Waals surface area contributed by atoms with Crippen LogP contribution in [0.15, 0.2) is 0 Å². The van der Waals surface area contributed by atoms with Crippen molar-refractivity contribution in [3.63, 3.8) is 0 Å².